The molecule has 0 saturated carbocycles. The Labute approximate surface area is 172 Å². The molecule has 1 aliphatic rings. The molecule has 1 fully saturated rings. The highest BCUT2D eigenvalue weighted by Gasteiger charge is 2.27. The first kappa shape index (κ1) is 19.4. The molecule has 2 heterocycles. The first-order chi connectivity index (χ1) is 14.2. The second kappa shape index (κ2) is 8.62. The second-order valence-electron chi connectivity index (χ2n) is 7.62. The van der Waals surface area contributed by atoms with Crippen molar-refractivity contribution >= 4 is 5.91 Å². The highest BCUT2D eigenvalue weighted by atomic mass is 16.2. The molecule has 150 valence electrons. The lowest BCUT2D eigenvalue weighted by Gasteiger charge is -2.31. The fourth-order valence-electron chi connectivity index (χ4n) is 3.90. The topological polar surface area (TPSA) is 42.6 Å². The fraction of sp³-hybridized carbons (Fsp3) is 0.333. The van der Waals surface area contributed by atoms with Gasteiger partial charge in [-0.15, -0.1) is 0 Å². The molecule has 5 nitrogen and oxygen atoms in total. The normalized spacial score (nSPS) is 14.9. The van der Waals surface area contributed by atoms with Crippen LogP contribution < -0.4 is 4.90 Å². The maximum absolute atomic E-state index is 13.4. The van der Waals surface area contributed by atoms with E-state index in [0.29, 0.717) is 5.56 Å². The van der Waals surface area contributed by atoms with Crippen LogP contribution in [-0.2, 0) is 6.42 Å². The fourth-order valence-corrected chi connectivity index (χ4v) is 3.90. The summed E-state index contributed by atoms with van der Waals surface area (Å²) in [6.07, 6.45) is 2.88. The quantitative estimate of drug-likeness (QED) is 0.728. The lowest BCUT2D eigenvalue weighted by molar-refractivity contribution is -0.902. The van der Waals surface area contributed by atoms with Crippen molar-refractivity contribution in [1.29, 1.82) is 0 Å². The van der Waals surface area contributed by atoms with Crippen LogP contribution in [0.25, 0.3) is 16.9 Å². The van der Waals surface area contributed by atoms with Crippen molar-refractivity contribution in [1.82, 2.24) is 14.7 Å². The van der Waals surface area contributed by atoms with Crippen molar-refractivity contribution in [2.75, 3.05) is 32.7 Å². The maximum atomic E-state index is 13.4. The Kier molecular flexibility index (Phi) is 5.76. The zero-order valence-electron chi connectivity index (χ0n) is 17.3. The van der Waals surface area contributed by atoms with E-state index in [9.17, 15) is 4.79 Å². The van der Waals surface area contributed by atoms with Crippen LogP contribution in [0.3, 0.4) is 0 Å². The minimum atomic E-state index is 0.0805. The number of aromatic nitrogens is 2. The number of hydrogen-bond donors (Lipinski definition) is 1. The zero-order chi connectivity index (χ0) is 20.2. The standard InChI is InChI=1S/C24H28N4O/c1-3-19-10-12-20(13-11-19)23-22(18-28(25-23)21-8-6-5-7-9-21)24(29)27-16-14-26(4-2)15-17-27/h5-13,18H,3-4,14-17H2,1-2H3/p+1. The molecule has 29 heavy (non-hydrogen) atoms. The van der Waals surface area contributed by atoms with Gasteiger partial charge in [0.15, 0.2) is 0 Å². The number of likely N-dealkylation sites (N-methyl/N-ethyl adjacent to an activating group) is 1. The van der Waals surface area contributed by atoms with Crippen LogP contribution in [0.4, 0.5) is 0 Å². The van der Waals surface area contributed by atoms with Crippen molar-refractivity contribution in [3.63, 3.8) is 0 Å². The van der Waals surface area contributed by atoms with E-state index < -0.39 is 0 Å². The van der Waals surface area contributed by atoms with Crippen molar-refractivity contribution in [2.45, 2.75) is 20.3 Å². The minimum absolute atomic E-state index is 0.0805. The van der Waals surface area contributed by atoms with E-state index in [2.05, 4.69) is 38.1 Å². The molecule has 2 aromatic carbocycles. The number of quaternary nitrogens is 1. The van der Waals surface area contributed by atoms with Gasteiger partial charge in [-0.3, -0.25) is 4.79 Å². The van der Waals surface area contributed by atoms with Crippen LogP contribution in [0.1, 0.15) is 29.8 Å². The van der Waals surface area contributed by atoms with E-state index in [0.717, 1.165) is 56.1 Å². The number of hydrogen-bond acceptors (Lipinski definition) is 2. The summed E-state index contributed by atoms with van der Waals surface area (Å²) < 4.78 is 1.82. The number of nitrogens with one attached hydrogen (secondary N) is 1. The van der Waals surface area contributed by atoms with E-state index in [1.165, 1.54) is 5.56 Å². The number of aryl methyl sites for hydroxylation is 1. The molecule has 1 aromatic heterocycles. The van der Waals surface area contributed by atoms with E-state index in [4.69, 9.17) is 5.10 Å². The molecular formula is C24H29N4O+. The van der Waals surface area contributed by atoms with Crippen LogP contribution in [-0.4, -0.2) is 53.3 Å². The lowest BCUT2D eigenvalue weighted by Crippen LogP contribution is -3.14. The third kappa shape index (κ3) is 4.10. The first-order valence-electron chi connectivity index (χ1n) is 10.6. The number of rotatable bonds is 5. The van der Waals surface area contributed by atoms with Crippen LogP contribution in [0.15, 0.2) is 60.8 Å². The van der Waals surface area contributed by atoms with Crippen molar-refractivity contribution in [3.05, 3.63) is 71.9 Å². The molecule has 0 bridgehead atoms. The molecule has 4 rings (SSSR count). The third-order valence-corrected chi connectivity index (χ3v) is 5.86. The number of para-hydroxylation sites is 1. The SMILES string of the molecule is CCc1ccc(-c2nn(-c3ccccc3)cc2C(=O)N2CC[NH+](CC)CC2)cc1. The van der Waals surface area contributed by atoms with E-state index in [1.54, 1.807) is 4.90 Å². The van der Waals surface area contributed by atoms with Gasteiger partial charge in [0.1, 0.15) is 5.69 Å². The Morgan fingerprint density at radius 1 is 1.00 bits per heavy atom. The van der Waals surface area contributed by atoms with Crippen molar-refractivity contribution < 1.29 is 9.69 Å². The Bertz CT molecular complexity index is 954. The van der Waals surface area contributed by atoms with Crippen molar-refractivity contribution in [3.8, 4) is 16.9 Å². The third-order valence-electron chi connectivity index (χ3n) is 5.86. The van der Waals surface area contributed by atoms with E-state index >= 15 is 0 Å². The van der Waals surface area contributed by atoms with Gasteiger partial charge in [-0.2, -0.15) is 5.10 Å². The number of carbonyl (C=O) groups excluding carboxylic acids is 1. The van der Waals surface area contributed by atoms with Crippen molar-refractivity contribution in [2.24, 2.45) is 0 Å². The van der Waals surface area contributed by atoms with Gasteiger partial charge in [-0.1, -0.05) is 49.4 Å². The Morgan fingerprint density at radius 3 is 2.31 bits per heavy atom. The molecule has 5 heteroatoms. The van der Waals surface area contributed by atoms with Gasteiger partial charge in [0.05, 0.1) is 44.0 Å². The average molecular weight is 390 g/mol. The van der Waals surface area contributed by atoms with E-state index in [1.807, 2.05) is 46.1 Å². The maximum Gasteiger partial charge on any atom is 0.258 e. The summed E-state index contributed by atoms with van der Waals surface area (Å²) >= 11 is 0. The Balaban J connectivity index is 1.70. The summed E-state index contributed by atoms with van der Waals surface area (Å²) in [5.41, 5.74) is 4.66. The summed E-state index contributed by atoms with van der Waals surface area (Å²) in [6, 6.07) is 18.4. The minimum Gasteiger partial charge on any atom is -0.332 e. The van der Waals surface area contributed by atoms with Gasteiger partial charge in [0.2, 0.25) is 0 Å². The zero-order valence-corrected chi connectivity index (χ0v) is 17.3. The largest absolute Gasteiger partial charge is 0.332 e. The molecule has 0 aliphatic carbocycles. The molecule has 0 radical (unpaired) electrons. The molecular weight excluding hydrogens is 360 g/mol. The van der Waals surface area contributed by atoms with Crippen LogP contribution in [0, 0.1) is 0 Å². The predicted molar refractivity (Wildman–Crippen MR) is 116 cm³/mol. The van der Waals surface area contributed by atoms with Gasteiger partial charge in [-0.05, 0) is 31.0 Å². The summed E-state index contributed by atoms with van der Waals surface area (Å²) in [5, 5.41) is 4.82. The smallest absolute Gasteiger partial charge is 0.258 e. The number of nitrogens with zero attached hydrogens (tertiary/aromatic N) is 3. The highest BCUT2D eigenvalue weighted by Crippen LogP contribution is 2.25. The Morgan fingerprint density at radius 2 is 1.69 bits per heavy atom. The number of carbonyl (C=O) groups is 1. The van der Waals surface area contributed by atoms with Crippen LogP contribution >= 0.6 is 0 Å². The summed E-state index contributed by atoms with van der Waals surface area (Å²) in [4.78, 5) is 17.0. The molecule has 0 spiro atoms. The first-order valence-corrected chi connectivity index (χ1v) is 10.6. The van der Waals surface area contributed by atoms with Gasteiger partial charge in [-0.25, -0.2) is 4.68 Å². The van der Waals surface area contributed by atoms with Gasteiger partial charge < -0.3 is 9.80 Å². The number of piperazine rings is 1. The van der Waals surface area contributed by atoms with Crippen LogP contribution in [0.2, 0.25) is 0 Å². The monoisotopic (exact) mass is 389 g/mol. The van der Waals surface area contributed by atoms with Crippen LogP contribution in [0.5, 0.6) is 0 Å². The number of amides is 1. The second-order valence-corrected chi connectivity index (χ2v) is 7.62. The average Bonchev–Trinajstić information content (AvgIpc) is 3.25. The Hall–Kier alpha value is -2.92. The summed E-state index contributed by atoms with van der Waals surface area (Å²) in [7, 11) is 0. The molecule has 0 atom stereocenters. The number of benzene rings is 2. The van der Waals surface area contributed by atoms with E-state index in [-0.39, 0.29) is 5.91 Å². The molecule has 1 amide bonds. The highest BCUT2D eigenvalue weighted by molar-refractivity contribution is 6.00. The predicted octanol–water partition coefficient (Wildman–Crippen LogP) is 2.46. The van der Waals surface area contributed by atoms with Gasteiger partial charge in [0, 0.05) is 11.8 Å². The molecule has 1 saturated heterocycles. The molecule has 1 N–H and O–H groups in total. The summed E-state index contributed by atoms with van der Waals surface area (Å²) in [6.45, 7) is 9.08. The lowest BCUT2D eigenvalue weighted by atomic mass is 10.0. The molecule has 1 aliphatic heterocycles. The van der Waals surface area contributed by atoms with Gasteiger partial charge in [0.25, 0.3) is 5.91 Å². The van der Waals surface area contributed by atoms with Gasteiger partial charge >= 0.3 is 0 Å². The molecule has 3 aromatic rings. The molecule has 0 unspecified atom stereocenters. The summed E-state index contributed by atoms with van der Waals surface area (Å²) in [5.74, 6) is 0.0805.